The van der Waals surface area contributed by atoms with E-state index >= 15 is 0 Å². The van der Waals surface area contributed by atoms with Crippen LogP contribution < -0.4 is 0 Å². The summed E-state index contributed by atoms with van der Waals surface area (Å²) in [7, 11) is -5.06. The van der Waals surface area contributed by atoms with Crippen LogP contribution in [-0.2, 0) is 27.9 Å². The number of carbonyl (C=O) groups excluding carboxylic acids is 1. The third kappa shape index (κ3) is 34.5. The number of esters is 1. The minimum absolute atomic E-state index is 0.105. The Hall–Kier alpha value is -3.78. The molecule has 6 atom stereocenters. The van der Waals surface area contributed by atoms with Gasteiger partial charge in [-0.15, -0.1) is 0 Å². The van der Waals surface area contributed by atoms with E-state index in [0.29, 0.717) is 19.4 Å². The highest BCUT2D eigenvalue weighted by Crippen LogP contribution is 2.47. The summed E-state index contributed by atoms with van der Waals surface area (Å²) < 4.78 is 34.1. The van der Waals surface area contributed by atoms with Crippen LogP contribution in [0.15, 0.2) is 146 Å². The Kier molecular flexibility index (Phi) is 39.6. The zero-order chi connectivity index (χ0) is 49.8. The molecule has 0 bridgehead atoms. The summed E-state index contributed by atoms with van der Waals surface area (Å²) in [5.41, 5.74) is 0. The van der Waals surface area contributed by atoms with E-state index in [9.17, 15) is 39.8 Å². The lowest BCUT2D eigenvalue weighted by atomic mass is 9.85. The van der Waals surface area contributed by atoms with Crippen LogP contribution >= 0.6 is 7.82 Å². The molecule has 0 spiro atoms. The molecule has 1 aliphatic carbocycles. The van der Waals surface area contributed by atoms with Crippen LogP contribution in [0, 0.1) is 0 Å². The maximum absolute atomic E-state index is 12.8. The first-order chi connectivity index (χ1) is 33.0. The van der Waals surface area contributed by atoms with E-state index < -0.39 is 63.1 Å². The van der Waals surface area contributed by atoms with Crippen LogP contribution in [0.25, 0.3) is 0 Å². The Morgan fingerprint density at radius 1 is 0.471 bits per heavy atom. The van der Waals surface area contributed by atoms with Crippen LogP contribution in [0.2, 0.25) is 0 Å². The molecule has 0 aromatic carbocycles. The normalized spacial score (nSPS) is 22.4. The summed E-state index contributed by atoms with van der Waals surface area (Å²) in [6, 6.07) is 0. The second-order valence-electron chi connectivity index (χ2n) is 16.2. The zero-order valence-electron chi connectivity index (χ0n) is 40.8. The van der Waals surface area contributed by atoms with E-state index in [-0.39, 0.29) is 13.0 Å². The molecule has 0 aromatic rings. The molecular formula is C55H85O12P. The van der Waals surface area contributed by atoms with E-state index in [1.165, 1.54) is 0 Å². The van der Waals surface area contributed by atoms with Gasteiger partial charge in [-0.2, -0.15) is 0 Å². The topological polar surface area (TPSA) is 192 Å². The highest BCUT2D eigenvalue weighted by molar-refractivity contribution is 7.47. The van der Waals surface area contributed by atoms with Gasteiger partial charge in [-0.1, -0.05) is 160 Å². The number of hydrogen-bond donors (Lipinski definition) is 6. The predicted octanol–water partition coefficient (Wildman–Crippen LogP) is 11.0. The van der Waals surface area contributed by atoms with Crippen molar-refractivity contribution in [2.24, 2.45) is 0 Å². The molecule has 68 heavy (non-hydrogen) atoms. The molecule has 1 rings (SSSR count). The summed E-state index contributed by atoms with van der Waals surface area (Å²) in [6.07, 6.45) is 53.5. The molecule has 12 nitrogen and oxygen atoms in total. The Labute approximate surface area is 408 Å². The third-order valence-electron chi connectivity index (χ3n) is 10.2. The van der Waals surface area contributed by atoms with E-state index in [1.54, 1.807) is 0 Å². The fraction of sp³-hybridized carbons (Fsp3) is 0.545. The molecule has 0 aromatic heterocycles. The lowest BCUT2D eigenvalue weighted by Crippen LogP contribution is -2.64. The average molecular weight is 969 g/mol. The van der Waals surface area contributed by atoms with Gasteiger partial charge in [-0.3, -0.25) is 13.8 Å². The summed E-state index contributed by atoms with van der Waals surface area (Å²) in [4.78, 5) is 23.2. The summed E-state index contributed by atoms with van der Waals surface area (Å²) >= 11 is 0. The van der Waals surface area contributed by atoms with E-state index in [4.69, 9.17) is 18.5 Å². The smallest absolute Gasteiger partial charge is 0.457 e. The molecule has 0 aliphatic heterocycles. The molecule has 6 N–H and O–H groups in total. The maximum atomic E-state index is 12.8. The molecule has 1 saturated carbocycles. The number of aliphatic hydroxyl groups is 5. The molecule has 1 fully saturated rings. The van der Waals surface area contributed by atoms with Crippen LogP contribution in [0.1, 0.15) is 129 Å². The number of phosphoric acid groups is 1. The lowest BCUT2D eigenvalue weighted by Gasteiger charge is -2.41. The van der Waals surface area contributed by atoms with Crippen molar-refractivity contribution in [3.8, 4) is 0 Å². The van der Waals surface area contributed by atoms with Crippen molar-refractivity contribution in [3.05, 3.63) is 146 Å². The van der Waals surface area contributed by atoms with E-state index in [0.717, 1.165) is 96.3 Å². The zero-order valence-corrected chi connectivity index (χ0v) is 41.7. The standard InChI is InChI=1S/C55H85O12P/c1-3-5-7-9-11-13-15-17-19-21-23-25-26-28-30-32-34-36-38-40-42-44-49(56)66-48(47-65-68(62,63)67-55-53(60)51(58)50(57)52(59)54(55)61)46-64-45-43-41-39-37-35-33-31-29-27-24-22-20-18-16-14-12-10-8-6-4-2/h5-8,11-14,17-20,23-25,27-28,30-31,33-34,36-37,39,48,50-55,57-61H,3-4,9-10,15-16,21-22,26,29,32,35,38,40-47H2,1-2H3,(H,62,63)/b7-5-,8-6-,13-11-,14-12-,19-17-,20-18-,25-23-,27-24-,30-28-,33-31-,36-34-,39-37-. The second-order valence-corrected chi connectivity index (χ2v) is 17.6. The van der Waals surface area contributed by atoms with Crippen molar-refractivity contribution in [1.82, 2.24) is 0 Å². The quantitative estimate of drug-likeness (QED) is 0.0148. The molecular weight excluding hydrogens is 884 g/mol. The lowest BCUT2D eigenvalue weighted by molar-refractivity contribution is -0.220. The summed E-state index contributed by atoms with van der Waals surface area (Å²) in [6.45, 7) is 3.81. The van der Waals surface area contributed by atoms with E-state index in [2.05, 4.69) is 160 Å². The van der Waals surface area contributed by atoms with Crippen molar-refractivity contribution in [2.45, 2.75) is 172 Å². The van der Waals surface area contributed by atoms with Gasteiger partial charge in [0.05, 0.1) is 13.2 Å². The second kappa shape index (κ2) is 43.3. The molecule has 1 aliphatic rings. The largest absolute Gasteiger partial charge is 0.472 e. The molecule has 0 heterocycles. The maximum Gasteiger partial charge on any atom is 0.472 e. The van der Waals surface area contributed by atoms with Crippen LogP contribution in [0.5, 0.6) is 0 Å². The number of hydrogen-bond acceptors (Lipinski definition) is 11. The fourth-order valence-electron chi connectivity index (χ4n) is 6.37. The van der Waals surface area contributed by atoms with Crippen LogP contribution in [0.3, 0.4) is 0 Å². The molecule has 13 heteroatoms. The number of ether oxygens (including phenoxy) is 2. The first kappa shape index (κ1) is 62.2. The first-order valence-corrected chi connectivity index (χ1v) is 26.2. The van der Waals surface area contributed by atoms with Gasteiger partial charge in [0, 0.05) is 13.0 Å². The van der Waals surface area contributed by atoms with Gasteiger partial charge in [0.15, 0.2) is 0 Å². The van der Waals surface area contributed by atoms with Crippen molar-refractivity contribution in [1.29, 1.82) is 0 Å². The number of unbranched alkanes of at least 4 members (excludes halogenated alkanes) is 3. The Balaban J connectivity index is 2.47. The molecule has 0 saturated heterocycles. The predicted molar refractivity (Wildman–Crippen MR) is 276 cm³/mol. The van der Waals surface area contributed by atoms with Gasteiger partial charge in [0.1, 0.15) is 42.7 Å². The van der Waals surface area contributed by atoms with Crippen molar-refractivity contribution in [2.75, 3.05) is 19.8 Å². The van der Waals surface area contributed by atoms with Gasteiger partial charge in [-0.05, 0) is 109 Å². The molecule has 6 unspecified atom stereocenters. The third-order valence-corrected chi connectivity index (χ3v) is 11.2. The molecule has 382 valence electrons. The average Bonchev–Trinajstić information content (AvgIpc) is 3.32. The number of allylic oxidation sites excluding steroid dienone is 24. The van der Waals surface area contributed by atoms with Gasteiger partial charge in [-0.25, -0.2) is 4.57 Å². The monoisotopic (exact) mass is 969 g/mol. The number of phosphoric ester groups is 1. The van der Waals surface area contributed by atoms with Crippen LogP contribution in [-0.4, -0.2) is 98.9 Å². The Morgan fingerprint density at radius 2 is 0.809 bits per heavy atom. The van der Waals surface area contributed by atoms with Crippen molar-refractivity contribution in [3.63, 3.8) is 0 Å². The van der Waals surface area contributed by atoms with Crippen molar-refractivity contribution >= 4 is 13.8 Å². The Bertz CT molecular complexity index is 1670. The fourth-order valence-corrected chi connectivity index (χ4v) is 7.35. The first-order valence-electron chi connectivity index (χ1n) is 24.7. The van der Waals surface area contributed by atoms with E-state index in [1.807, 2.05) is 0 Å². The number of carbonyl (C=O) groups is 1. The van der Waals surface area contributed by atoms with Gasteiger partial charge in [0.25, 0.3) is 0 Å². The highest BCUT2D eigenvalue weighted by atomic mass is 31.2. The van der Waals surface area contributed by atoms with Gasteiger partial charge < -0.3 is 39.9 Å². The Morgan fingerprint density at radius 3 is 1.19 bits per heavy atom. The van der Waals surface area contributed by atoms with Crippen LogP contribution in [0.4, 0.5) is 0 Å². The van der Waals surface area contributed by atoms with Gasteiger partial charge >= 0.3 is 13.8 Å². The molecule has 0 amide bonds. The minimum Gasteiger partial charge on any atom is -0.457 e. The number of rotatable bonds is 39. The summed E-state index contributed by atoms with van der Waals surface area (Å²) in [5, 5.41) is 50.3. The van der Waals surface area contributed by atoms with Gasteiger partial charge in [0.2, 0.25) is 0 Å². The van der Waals surface area contributed by atoms with Crippen molar-refractivity contribution < 1.29 is 58.3 Å². The summed E-state index contributed by atoms with van der Waals surface area (Å²) in [5.74, 6) is -0.546. The molecule has 0 radical (unpaired) electrons. The number of aliphatic hydroxyl groups excluding tert-OH is 5. The minimum atomic E-state index is -5.06. The SMILES string of the molecule is CC/C=C\C/C=C\C/C=C\C/C=C\C/C=C\C/C=C\CCCCC(=O)OC(COCCC/C=C\C/C=C\C/C=C\C/C=C\C/C=C\C/C=C\CC)COP(=O)(O)OC1C(O)C(O)C(O)C(O)C1O. The highest BCUT2D eigenvalue weighted by Gasteiger charge is 2.51.